The van der Waals surface area contributed by atoms with Gasteiger partial charge in [-0.1, -0.05) is 6.07 Å². The first-order valence-corrected chi connectivity index (χ1v) is 3.03. The first-order valence-electron chi connectivity index (χ1n) is 2.66. The molecule has 48 valence electrons. The minimum absolute atomic E-state index is 0.662. The number of nitrogens with zero attached hydrogens (tertiary/aromatic N) is 1. The second kappa shape index (κ2) is 3.43. The van der Waals surface area contributed by atoms with Crippen molar-refractivity contribution in [3.63, 3.8) is 0 Å². The van der Waals surface area contributed by atoms with Gasteiger partial charge < -0.3 is 0 Å². The Bertz CT molecular complexity index is 164. The van der Waals surface area contributed by atoms with E-state index in [0.29, 0.717) is 6.54 Å². The lowest BCUT2D eigenvalue weighted by molar-refractivity contribution is 0.952. The average Bonchev–Trinajstić information content (AvgIpc) is 1.91. The van der Waals surface area contributed by atoms with Crippen molar-refractivity contribution in [2.75, 3.05) is 0 Å². The van der Waals surface area contributed by atoms with Gasteiger partial charge in [0.25, 0.3) is 0 Å². The maximum Gasteiger partial charge on any atom is 0.0374 e. The van der Waals surface area contributed by atoms with Crippen LogP contribution < -0.4 is 4.84 Å². The van der Waals surface area contributed by atoms with Gasteiger partial charge in [-0.25, -0.2) is 4.84 Å². The maximum atomic E-state index is 5.26. The minimum Gasteiger partial charge on any atom is -0.264 e. The van der Waals surface area contributed by atoms with Gasteiger partial charge in [0, 0.05) is 18.9 Å². The number of hydrogen-bond acceptors (Lipinski definition) is 2. The quantitative estimate of drug-likeness (QED) is 0.631. The molecule has 0 amide bonds. The van der Waals surface area contributed by atoms with E-state index >= 15 is 0 Å². The van der Waals surface area contributed by atoms with Crippen LogP contribution in [0.3, 0.4) is 0 Å². The van der Waals surface area contributed by atoms with E-state index in [2.05, 4.69) is 9.82 Å². The smallest absolute Gasteiger partial charge is 0.0374 e. The molecule has 9 heavy (non-hydrogen) atoms. The highest BCUT2D eigenvalue weighted by Crippen LogP contribution is 1.93. The van der Waals surface area contributed by atoms with Crippen molar-refractivity contribution < 1.29 is 0 Å². The zero-order valence-electron chi connectivity index (χ0n) is 4.84. The van der Waals surface area contributed by atoms with E-state index in [0.717, 1.165) is 5.56 Å². The number of nitrogens with one attached hydrogen (secondary N) is 1. The third-order valence-electron chi connectivity index (χ3n) is 0.994. The predicted molar refractivity (Wildman–Crippen MR) is 36.9 cm³/mol. The van der Waals surface area contributed by atoms with E-state index in [1.807, 2.05) is 12.1 Å². The summed E-state index contributed by atoms with van der Waals surface area (Å²) in [5, 5.41) is 0. The summed E-state index contributed by atoms with van der Waals surface area (Å²) in [7, 11) is 0. The zero-order chi connectivity index (χ0) is 6.53. The molecule has 0 aliphatic carbocycles. The third-order valence-corrected chi connectivity index (χ3v) is 1.13. The Kier molecular flexibility index (Phi) is 2.48. The van der Waals surface area contributed by atoms with Crippen molar-refractivity contribution in [1.82, 2.24) is 9.82 Å². The number of halogens is 1. The van der Waals surface area contributed by atoms with Gasteiger partial charge in [0.1, 0.15) is 0 Å². The first-order chi connectivity index (χ1) is 4.43. The van der Waals surface area contributed by atoms with Crippen LogP contribution in [0.4, 0.5) is 0 Å². The molecule has 1 aromatic heterocycles. The highest BCUT2D eigenvalue weighted by Gasteiger charge is 1.85. The van der Waals surface area contributed by atoms with Gasteiger partial charge in [0.05, 0.1) is 0 Å². The maximum absolute atomic E-state index is 5.26. The Balaban J connectivity index is 2.61. The lowest BCUT2D eigenvalue weighted by Gasteiger charge is -1.93. The summed E-state index contributed by atoms with van der Waals surface area (Å²) < 4.78 is 0. The molecule has 0 radical (unpaired) electrons. The van der Waals surface area contributed by atoms with Gasteiger partial charge in [-0.05, 0) is 23.4 Å². The molecule has 1 N–H and O–H groups in total. The molecule has 0 bridgehead atoms. The second-order valence-corrected chi connectivity index (χ2v) is 1.94. The van der Waals surface area contributed by atoms with Gasteiger partial charge in [-0.3, -0.25) is 4.98 Å². The fourth-order valence-corrected chi connectivity index (χ4v) is 0.734. The van der Waals surface area contributed by atoms with Crippen LogP contribution in [-0.4, -0.2) is 4.98 Å². The third kappa shape index (κ3) is 2.00. The molecule has 0 spiro atoms. The lowest BCUT2D eigenvalue weighted by atomic mass is 10.3. The number of pyridine rings is 1. The molecule has 0 aliphatic heterocycles. The Morgan fingerprint density at radius 2 is 2.56 bits per heavy atom. The molecular formula is C6H7ClN2. The van der Waals surface area contributed by atoms with E-state index in [-0.39, 0.29) is 0 Å². The van der Waals surface area contributed by atoms with Crippen molar-refractivity contribution >= 4 is 11.8 Å². The Morgan fingerprint density at radius 3 is 3.11 bits per heavy atom. The summed E-state index contributed by atoms with van der Waals surface area (Å²) in [5.41, 5.74) is 1.09. The van der Waals surface area contributed by atoms with Gasteiger partial charge in [0.2, 0.25) is 0 Å². The van der Waals surface area contributed by atoms with Gasteiger partial charge in [0.15, 0.2) is 0 Å². The molecule has 0 unspecified atom stereocenters. The molecule has 0 saturated carbocycles. The fourth-order valence-electron chi connectivity index (χ4n) is 0.580. The molecule has 0 aliphatic rings. The SMILES string of the molecule is ClNCc1cccnc1. The van der Waals surface area contributed by atoms with E-state index in [9.17, 15) is 0 Å². The van der Waals surface area contributed by atoms with Crippen LogP contribution in [0.25, 0.3) is 0 Å². The van der Waals surface area contributed by atoms with Gasteiger partial charge >= 0.3 is 0 Å². The highest BCUT2D eigenvalue weighted by atomic mass is 35.5. The van der Waals surface area contributed by atoms with Crippen LogP contribution in [0.15, 0.2) is 24.5 Å². The average molecular weight is 143 g/mol. The molecule has 0 fully saturated rings. The summed E-state index contributed by atoms with van der Waals surface area (Å²) in [5.74, 6) is 0. The summed E-state index contributed by atoms with van der Waals surface area (Å²) in [4.78, 5) is 6.42. The first kappa shape index (κ1) is 6.52. The molecule has 2 nitrogen and oxygen atoms in total. The molecule has 1 rings (SSSR count). The summed E-state index contributed by atoms with van der Waals surface area (Å²) in [6.07, 6.45) is 3.51. The predicted octanol–water partition coefficient (Wildman–Crippen LogP) is 1.32. The Hall–Kier alpha value is -0.600. The standard InChI is InChI=1S/C6H7ClN2/c7-9-5-6-2-1-3-8-4-6/h1-4,9H,5H2. The second-order valence-electron chi connectivity index (χ2n) is 1.67. The van der Waals surface area contributed by atoms with E-state index in [1.165, 1.54) is 0 Å². The zero-order valence-corrected chi connectivity index (χ0v) is 5.60. The topological polar surface area (TPSA) is 24.9 Å². The van der Waals surface area contributed by atoms with E-state index < -0.39 is 0 Å². The van der Waals surface area contributed by atoms with Crippen molar-refractivity contribution in [2.45, 2.75) is 6.54 Å². The lowest BCUT2D eigenvalue weighted by Crippen LogP contribution is -1.97. The Labute approximate surface area is 59.0 Å². The number of rotatable bonds is 2. The number of hydrogen-bond donors (Lipinski definition) is 1. The van der Waals surface area contributed by atoms with Crippen molar-refractivity contribution in [1.29, 1.82) is 0 Å². The Morgan fingerprint density at radius 1 is 1.67 bits per heavy atom. The highest BCUT2D eigenvalue weighted by molar-refractivity contribution is 6.13. The van der Waals surface area contributed by atoms with Crippen molar-refractivity contribution in [3.05, 3.63) is 30.1 Å². The fraction of sp³-hybridized carbons (Fsp3) is 0.167. The molecule has 0 aromatic carbocycles. The van der Waals surface area contributed by atoms with Gasteiger partial charge in [-0.15, -0.1) is 0 Å². The van der Waals surface area contributed by atoms with Crippen LogP contribution in [0.5, 0.6) is 0 Å². The van der Waals surface area contributed by atoms with Crippen LogP contribution in [0.1, 0.15) is 5.56 Å². The van der Waals surface area contributed by atoms with E-state index in [4.69, 9.17) is 11.8 Å². The minimum atomic E-state index is 0.662. The van der Waals surface area contributed by atoms with Crippen LogP contribution >= 0.6 is 11.8 Å². The largest absolute Gasteiger partial charge is 0.264 e. The monoisotopic (exact) mass is 142 g/mol. The van der Waals surface area contributed by atoms with E-state index in [1.54, 1.807) is 12.4 Å². The van der Waals surface area contributed by atoms with Crippen molar-refractivity contribution in [2.24, 2.45) is 0 Å². The van der Waals surface area contributed by atoms with Crippen LogP contribution in [0, 0.1) is 0 Å². The molecule has 0 atom stereocenters. The van der Waals surface area contributed by atoms with Gasteiger partial charge in [-0.2, -0.15) is 0 Å². The summed E-state index contributed by atoms with van der Waals surface area (Å²) in [6, 6.07) is 3.84. The number of aromatic nitrogens is 1. The molecular weight excluding hydrogens is 136 g/mol. The summed E-state index contributed by atoms with van der Waals surface area (Å²) >= 11 is 5.26. The van der Waals surface area contributed by atoms with Crippen LogP contribution in [0.2, 0.25) is 0 Å². The molecule has 0 saturated heterocycles. The summed E-state index contributed by atoms with van der Waals surface area (Å²) in [6.45, 7) is 0.662. The molecule has 1 heterocycles. The van der Waals surface area contributed by atoms with Crippen LogP contribution in [-0.2, 0) is 6.54 Å². The molecule has 3 heteroatoms. The normalized spacial score (nSPS) is 9.44. The molecule has 1 aromatic rings. The van der Waals surface area contributed by atoms with Crippen molar-refractivity contribution in [3.8, 4) is 0 Å².